The van der Waals surface area contributed by atoms with Crippen LogP contribution in [0.3, 0.4) is 0 Å². The number of hydrogen-bond donors (Lipinski definition) is 1. The van der Waals surface area contributed by atoms with E-state index in [-0.39, 0.29) is 5.91 Å². The SMILES string of the molecule is Cc1ccc(/C=C/C(=O)NCc2ccc(N3CCCC3)nc2)o1. The molecule has 23 heavy (non-hydrogen) atoms. The molecule has 0 spiro atoms. The normalized spacial score (nSPS) is 14.6. The Bertz CT molecular complexity index is 683. The van der Waals surface area contributed by atoms with Crippen LogP contribution in [0.5, 0.6) is 0 Å². The molecule has 3 heterocycles. The number of nitrogens with one attached hydrogen (secondary N) is 1. The summed E-state index contributed by atoms with van der Waals surface area (Å²) in [6.45, 7) is 4.50. The van der Waals surface area contributed by atoms with Crippen LogP contribution in [-0.4, -0.2) is 24.0 Å². The van der Waals surface area contributed by atoms with E-state index in [0.29, 0.717) is 12.3 Å². The van der Waals surface area contributed by atoms with Gasteiger partial charge in [-0.15, -0.1) is 0 Å². The van der Waals surface area contributed by atoms with Crippen molar-refractivity contribution < 1.29 is 9.21 Å². The van der Waals surface area contributed by atoms with E-state index in [0.717, 1.165) is 30.2 Å². The third kappa shape index (κ3) is 4.22. The summed E-state index contributed by atoms with van der Waals surface area (Å²) in [5.74, 6) is 2.37. The summed E-state index contributed by atoms with van der Waals surface area (Å²) in [5, 5.41) is 2.84. The summed E-state index contributed by atoms with van der Waals surface area (Å²) in [6, 6.07) is 7.74. The fraction of sp³-hybridized carbons (Fsp3) is 0.333. The molecule has 2 aromatic heterocycles. The second-order valence-corrected chi connectivity index (χ2v) is 5.72. The van der Waals surface area contributed by atoms with Crippen molar-refractivity contribution in [3.8, 4) is 0 Å². The van der Waals surface area contributed by atoms with Crippen molar-refractivity contribution >= 4 is 17.8 Å². The third-order valence-corrected chi connectivity index (χ3v) is 3.87. The standard InChI is InChI=1S/C18H21N3O2/c1-14-4-6-16(23-14)7-9-18(22)20-13-15-5-8-17(19-12-15)21-10-2-3-11-21/h4-9,12H,2-3,10-11,13H2,1H3,(H,20,22)/b9-7+. The number of aryl methyl sites for hydroxylation is 1. The average Bonchev–Trinajstić information content (AvgIpc) is 3.23. The molecule has 0 radical (unpaired) electrons. The minimum atomic E-state index is -0.150. The van der Waals surface area contributed by atoms with E-state index in [1.807, 2.05) is 37.4 Å². The molecule has 3 rings (SSSR count). The van der Waals surface area contributed by atoms with Gasteiger partial charge in [0.15, 0.2) is 0 Å². The number of furan rings is 1. The molecule has 0 saturated carbocycles. The lowest BCUT2D eigenvalue weighted by Gasteiger charge is -2.16. The minimum absolute atomic E-state index is 0.150. The van der Waals surface area contributed by atoms with Gasteiger partial charge in [0.25, 0.3) is 0 Å². The van der Waals surface area contributed by atoms with Crippen LogP contribution in [0, 0.1) is 6.92 Å². The average molecular weight is 311 g/mol. The van der Waals surface area contributed by atoms with Crippen LogP contribution in [0.1, 0.15) is 29.9 Å². The van der Waals surface area contributed by atoms with Crippen molar-refractivity contribution in [2.75, 3.05) is 18.0 Å². The van der Waals surface area contributed by atoms with Crippen molar-refractivity contribution in [3.63, 3.8) is 0 Å². The Morgan fingerprint density at radius 3 is 2.78 bits per heavy atom. The van der Waals surface area contributed by atoms with E-state index in [1.165, 1.54) is 18.9 Å². The highest BCUT2D eigenvalue weighted by atomic mass is 16.3. The topological polar surface area (TPSA) is 58.4 Å². The first kappa shape index (κ1) is 15.3. The quantitative estimate of drug-likeness (QED) is 0.863. The first-order chi connectivity index (χ1) is 11.2. The summed E-state index contributed by atoms with van der Waals surface area (Å²) >= 11 is 0. The van der Waals surface area contributed by atoms with Gasteiger partial charge in [-0.1, -0.05) is 6.07 Å². The maximum absolute atomic E-state index is 11.8. The first-order valence-electron chi connectivity index (χ1n) is 7.93. The molecule has 1 aliphatic rings. The Morgan fingerprint density at radius 1 is 1.30 bits per heavy atom. The van der Waals surface area contributed by atoms with Crippen molar-refractivity contribution in [1.82, 2.24) is 10.3 Å². The molecule has 0 aliphatic carbocycles. The van der Waals surface area contributed by atoms with Gasteiger partial charge in [0.2, 0.25) is 5.91 Å². The second kappa shape index (κ2) is 7.13. The molecule has 1 fully saturated rings. The van der Waals surface area contributed by atoms with Crippen LogP contribution < -0.4 is 10.2 Å². The molecule has 0 unspecified atom stereocenters. The molecule has 1 amide bonds. The van der Waals surface area contributed by atoms with Crippen LogP contribution in [-0.2, 0) is 11.3 Å². The van der Waals surface area contributed by atoms with Gasteiger partial charge in [0.1, 0.15) is 17.3 Å². The minimum Gasteiger partial charge on any atom is -0.462 e. The van der Waals surface area contributed by atoms with Gasteiger partial charge < -0.3 is 14.6 Å². The van der Waals surface area contributed by atoms with Gasteiger partial charge in [-0.25, -0.2) is 4.98 Å². The molecular weight excluding hydrogens is 290 g/mol. The van der Waals surface area contributed by atoms with E-state index in [2.05, 4.69) is 15.2 Å². The Morgan fingerprint density at radius 2 is 2.13 bits per heavy atom. The van der Waals surface area contributed by atoms with Gasteiger partial charge in [0, 0.05) is 31.9 Å². The maximum Gasteiger partial charge on any atom is 0.244 e. The van der Waals surface area contributed by atoms with Crippen LogP contribution in [0.25, 0.3) is 6.08 Å². The van der Waals surface area contributed by atoms with E-state index in [4.69, 9.17) is 4.42 Å². The third-order valence-electron chi connectivity index (χ3n) is 3.87. The van der Waals surface area contributed by atoms with E-state index < -0.39 is 0 Å². The Hall–Kier alpha value is -2.56. The van der Waals surface area contributed by atoms with Crippen LogP contribution in [0.4, 0.5) is 5.82 Å². The van der Waals surface area contributed by atoms with Gasteiger partial charge >= 0.3 is 0 Å². The predicted molar refractivity (Wildman–Crippen MR) is 90.0 cm³/mol. The lowest BCUT2D eigenvalue weighted by molar-refractivity contribution is -0.116. The highest BCUT2D eigenvalue weighted by Crippen LogP contribution is 2.17. The van der Waals surface area contributed by atoms with Gasteiger partial charge in [-0.3, -0.25) is 4.79 Å². The zero-order valence-electron chi connectivity index (χ0n) is 13.3. The number of amides is 1. The summed E-state index contributed by atoms with van der Waals surface area (Å²) in [4.78, 5) is 18.6. The van der Waals surface area contributed by atoms with Crippen LogP contribution >= 0.6 is 0 Å². The molecule has 1 aliphatic heterocycles. The molecule has 1 saturated heterocycles. The second-order valence-electron chi connectivity index (χ2n) is 5.72. The smallest absolute Gasteiger partial charge is 0.244 e. The predicted octanol–water partition coefficient (Wildman–Crippen LogP) is 2.91. The molecule has 5 heteroatoms. The summed E-state index contributed by atoms with van der Waals surface area (Å²) in [7, 11) is 0. The maximum atomic E-state index is 11.8. The summed E-state index contributed by atoms with van der Waals surface area (Å²) < 4.78 is 5.38. The Kier molecular flexibility index (Phi) is 4.76. The molecule has 0 aromatic carbocycles. The van der Waals surface area contributed by atoms with Crippen molar-refractivity contribution in [1.29, 1.82) is 0 Å². The molecule has 5 nitrogen and oxygen atoms in total. The fourth-order valence-corrected chi connectivity index (χ4v) is 2.60. The number of carbonyl (C=O) groups is 1. The Labute approximate surface area is 136 Å². The molecule has 0 bridgehead atoms. The summed E-state index contributed by atoms with van der Waals surface area (Å²) in [5.41, 5.74) is 0.989. The zero-order chi connectivity index (χ0) is 16.1. The zero-order valence-corrected chi connectivity index (χ0v) is 13.3. The van der Waals surface area contributed by atoms with Crippen LogP contribution in [0.2, 0.25) is 0 Å². The Balaban J connectivity index is 1.49. The first-order valence-corrected chi connectivity index (χ1v) is 7.93. The monoisotopic (exact) mass is 311 g/mol. The number of rotatable bonds is 5. The lowest BCUT2D eigenvalue weighted by atomic mass is 10.2. The molecule has 120 valence electrons. The fourth-order valence-electron chi connectivity index (χ4n) is 2.60. The van der Waals surface area contributed by atoms with Crippen LogP contribution in [0.15, 0.2) is 41.0 Å². The van der Waals surface area contributed by atoms with Crippen molar-refractivity contribution in [3.05, 3.63) is 53.6 Å². The summed E-state index contributed by atoms with van der Waals surface area (Å²) in [6.07, 6.45) is 7.44. The highest BCUT2D eigenvalue weighted by molar-refractivity contribution is 5.91. The molecule has 0 atom stereocenters. The number of hydrogen-bond acceptors (Lipinski definition) is 4. The van der Waals surface area contributed by atoms with Crippen molar-refractivity contribution in [2.24, 2.45) is 0 Å². The van der Waals surface area contributed by atoms with E-state index >= 15 is 0 Å². The molecule has 1 N–H and O–H groups in total. The number of carbonyl (C=O) groups excluding carboxylic acids is 1. The largest absolute Gasteiger partial charge is 0.462 e. The number of anilines is 1. The number of pyridine rings is 1. The number of nitrogens with zero attached hydrogens (tertiary/aromatic N) is 2. The highest BCUT2D eigenvalue weighted by Gasteiger charge is 2.12. The van der Waals surface area contributed by atoms with E-state index in [1.54, 1.807) is 6.08 Å². The van der Waals surface area contributed by atoms with E-state index in [9.17, 15) is 4.79 Å². The lowest BCUT2D eigenvalue weighted by Crippen LogP contribution is -2.21. The number of aromatic nitrogens is 1. The van der Waals surface area contributed by atoms with Gasteiger partial charge in [-0.05, 0) is 49.6 Å². The van der Waals surface area contributed by atoms with Gasteiger partial charge in [0.05, 0.1) is 0 Å². The van der Waals surface area contributed by atoms with Crippen molar-refractivity contribution in [2.45, 2.75) is 26.3 Å². The van der Waals surface area contributed by atoms with Gasteiger partial charge in [-0.2, -0.15) is 0 Å². The molecular formula is C18H21N3O2. The molecule has 2 aromatic rings.